The Labute approximate surface area is 129 Å². The number of benzene rings is 1. The highest BCUT2D eigenvalue weighted by atomic mass is 32.1. The molecule has 4 heteroatoms. The Bertz CT molecular complexity index is 788. The van der Waals surface area contributed by atoms with Crippen molar-refractivity contribution >= 4 is 22.0 Å². The lowest BCUT2D eigenvalue weighted by atomic mass is 10.1. The Morgan fingerprint density at radius 1 is 1.10 bits per heavy atom. The second-order valence-corrected chi connectivity index (χ2v) is 6.60. The first-order valence-electron chi connectivity index (χ1n) is 7.21. The van der Waals surface area contributed by atoms with Gasteiger partial charge in [0.15, 0.2) is 4.96 Å². The molecule has 0 amide bonds. The number of thiazole rings is 1. The standard InChI is InChI=1S/C17H21N3S/c1-10-6-11(2)16(12(3)7-10)18-8-15-14(5)19-17-20(15)13(4)9-21-17/h6-7,9,18H,8H2,1-5H3. The summed E-state index contributed by atoms with van der Waals surface area (Å²) in [5, 5.41) is 5.76. The summed E-state index contributed by atoms with van der Waals surface area (Å²) in [6.07, 6.45) is 0. The van der Waals surface area contributed by atoms with Crippen molar-refractivity contribution < 1.29 is 0 Å². The van der Waals surface area contributed by atoms with Crippen LogP contribution >= 0.6 is 11.3 Å². The highest BCUT2D eigenvalue weighted by Crippen LogP contribution is 2.25. The number of aryl methyl sites for hydroxylation is 5. The zero-order chi connectivity index (χ0) is 15.1. The van der Waals surface area contributed by atoms with Gasteiger partial charge in [0.2, 0.25) is 0 Å². The molecule has 3 rings (SSSR count). The molecule has 1 aromatic carbocycles. The molecule has 0 saturated heterocycles. The lowest BCUT2D eigenvalue weighted by Crippen LogP contribution is -2.07. The topological polar surface area (TPSA) is 29.3 Å². The van der Waals surface area contributed by atoms with E-state index in [1.165, 1.54) is 33.8 Å². The maximum Gasteiger partial charge on any atom is 0.194 e. The molecule has 2 aromatic heterocycles. The molecule has 0 aliphatic carbocycles. The van der Waals surface area contributed by atoms with Gasteiger partial charge in [0.1, 0.15) is 0 Å². The smallest absolute Gasteiger partial charge is 0.194 e. The molecule has 0 saturated carbocycles. The molecule has 1 N–H and O–H groups in total. The number of anilines is 1. The van der Waals surface area contributed by atoms with Crippen LogP contribution in [-0.2, 0) is 6.54 Å². The van der Waals surface area contributed by atoms with Gasteiger partial charge in [-0.2, -0.15) is 0 Å². The number of aromatic nitrogens is 2. The van der Waals surface area contributed by atoms with Gasteiger partial charge in [-0.1, -0.05) is 17.7 Å². The summed E-state index contributed by atoms with van der Waals surface area (Å²) < 4.78 is 2.26. The van der Waals surface area contributed by atoms with E-state index in [-0.39, 0.29) is 0 Å². The number of imidazole rings is 1. The van der Waals surface area contributed by atoms with Crippen LogP contribution in [0, 0.1) is 34.6 Å². The van der Waals surface area contributed by atoms with E-state index in [0.29, 0.717) is 0 Å². The molecule has 3 nitrogen and oxygen atoms in total. The predicted molar refractivity (Wildman–Crippen MR) is 90.5 cm³/mol. The first kappa shape index (κ1) is 14.1. The summed E-state index contributed by atoms with van der Waals surface area (Å²) in [5.41, 5.74) is 8.77. The third-order valence-corrected chi connectivity index (χ3v) is 4.88. The van der Waals surface area contributed by atoms with Gasteiger partial charge in [-0.05, 0) is 45.7 Å². The second kappa shape index (κ2) is 5.19. The Morgan fingerprint density at radius 3 is 2.43 bits per heavy atom. The highest BCUT2D eigenvalue weighted by molar-refractivity contribution is 7.15. The largest absolute Gasteiger partial charge is 0.379 e. The summed E-state index contributed by atoms with van der Waals surface area (Å²) in [4.78, 5) is 5.73. The summed E-state index contributed by atoms with van der Waals surface area (Å²) in [7, 11) is 0. The van der Waals surface area contributed by atoms with Gasteiger partial charge in [0.25, 0.3) is 0 Å². The molecule has 0 atom stereocenters. The number of hydrogen-bond acceptors (Lipinski definition) is 3. The first-order chi connectivity index (χ1) is 9.97. The third kappa shape index (κ3) is 2.44. The lowest BCUT2D eigenvalue weighted by Gasteiger charge is -2.14. The fourth-order valence-corrected chi connectivity index (χ4v) is 3.94. The fourth-order valence-electron chi connectivity index (χ4n) is 3.01. The van der Waals surface area contributed by atoms with Crippen LogP contribution in [0.15, 0.2) is 17.5 Å². The van der Waals surface area contributed by atoms with Gasteiger partial charge in [-0.25, -0.2) is 4.98 Å². The summed E-state index contributed by atoms with van der Waals surface area (Å²) in [6, 6.07) is 4.45. The van der Waals surface area contributed by atoms with Gasteiger partial charge in [0.05, 0.1) is 17.9 Å². The average molecular weight is 299 g/mol. The number of hydrogen-bond donors (Lipinski definition) is 1. The molecule has 0 aliphatic heterocycles. The number of fused-ring (bicyclic) bond motifs is 1. The maximum atomic E-state index is 4.65. The van der Waals surface area contributed by atoms with E-state index in [2.05, 4.69) is 66.8 Å². The first-order valence-corrected chi connectivity index (χ1v) is 8.09. The van der Waals surface area contributed by atoms with Crippen LogP contribution in [0.25, 0.3) is 4.96 Å². The third-order valence-electron chi connectivity index (χ3n) is 3.94. The van der Waals surface area contributed by atoms with Crippen LogP contribution in [0.2, 0.25) is 0 Å². The van der Waals surface area contributed by atoms with Crippen LogP contribution in [0.3, 0.4) is 0 Å². The van der Waals surface area contributed by atoms with Gasteiger partial charge in [0, 0.05) is 16.8 Å². The minimum Gasteiger partial charge on any atom is -0.379 e. The van der Waals surface area contributed by atoms with Gasteiger partial charge in [-0.3, -0.25) is 4.40 Å². The van der Waals surface area contributed by atoms with Gasteiger partial charge in [-0.15, -0.1) is 11.3 Å². The van der Waals surface area contributed by atoms with E-state index in [4.69, 9.17) is 0 Å². The van der Waals surface area contributed by atoms with Crippen molar-refractivity contribution in [3.05, 3.63) is 51.3 Å². The molecular weight excluding hydrogens is 278 g/mol. The zero-order valence-electron chi connectivity index (χ0n) is 13.2. The molecule has 0 radical (unpaired) electrons. The van der Waals surface area contributed by atoms with Crippen molar-refractivity contribution in [3.8, 4) is 0 Å². The van der Waals surface area contributed by atoms with Crippen molar-refractivity contribution in [2.75, 3.05) is 5.32 Å². The normalized spacial score (nSPS) is 11.3. The van der Waals surface area contributed by atoms with Crippen molar-refractivity contribution in [2.24, 2.45) is 0 Å². The Kier molecular flexibility index (Phi) is 3.49. The Hall–Kier alpha value is -1.81. The monoisotopic (exact) mass is 299 g/mol. The summed E-state index contributed by atoms with van der Waals surface area (Å²) in [6.45, 7) is 11.5. The number of nitrogens with one attached hydrogen (secondary N) is 1. The molecule has 0 unspecified atom stereocenters. The van der Waals surface area contributed by atoms with E-state index < -0.39 is 0 Å². The minimum absolute atomic E-state index is 0.801. The van der Waals surface area contributed by atoms with Crippen molar-refractivity contribution in [2.45, 2.75) is 41.2 Å². The van der Waals surface area contributed by atoms with E-state index in [1.807, 2.05) is 0 Å². The molecule has 2 heterocycles. The van der Waals surface area contributed by atoms with Gasteiger partial charge >= 0.3 is 0 Å². The molecule has 0 bridgehead atoms. The Morgan fingerprint density at radius 2 is 1.76 bits per heavy atom. The van der Waals surface area contributed by atoms with Gasteiger partial charge < -0.3 is 5.32 Å². The molecule has 0 spiro atoms. The zero-order valence-corrected chi connectivity index (χ0v) is 14.1. The minimum atomic E-state index is 0.801. The molecule has 0 aliphatic rings. The predicted octanol–water partition coefficient (Wildman–Crippen LogP) is 4.55. The van der Waals surface area contributed by atoms with Crippen LogP contribution in [-0.4, -0.2) is 9.38 Å². The SMILES string of the molecule is Cc1cc(C)c(NCc2c(C)nc3scc(C)n23)c(C)c1. The molecule has 21 heavy (non-hydrogen) atoms. The van der Waals surface area contributed by atoms with Crippen molar-refractivity contribution in [1.29, 1.82) is 0 Å². The van der Waals surface area contributed by atoms with Crippen LogP contribution in [0.1, 0.15) is 33.8 Å². The van der Waals surface area contributed by atoms with E-state index in [9.17, 15) is 0 Å². The number of nitrogens with zero attached hydrogens (tertiary/aromatic N) is 2. The molecular formula is C17H21N3S. The van der Waals surface area contributed by atoms with Crippen LogP contribution in [0.5, 0.6) is 0 Å². The average Bonchev–Trinajstić information content (AvgIpc) is 2.89. The Balaban J connectivity index is 1.94. The highest BCUT2D eigenvalue weighted by Gasteiger charge is 2.12. The fraction of sp³-hybridized carbons (Fsp3) is 0.353. The van der Waals surface area contributed by atoms with Crippen LogP contribution in [0.4, 0.5) is 5.69 Å². The molecule has 0 fully saturated rings. The maximum absolute atomic E-state index is 4.65. The second-order valence-electron chi connectivity index (χ2n) is 5.77. The lowest BCUT2D eigenvalue weighted by molar-refractivity contribution is 0.963. The molecule has 3 aromatic rings. The number of rotatable bonds is 3. The van der Waals surface area contributed by atoms with Crippen LogP contribution < -0.4 is 5.32 Å². The summed E-state index contributed by atoms with van der Waals surface area (Å²) >= 11 is 1.70. The van der Waals surface area contributed by atoms with E-state index in [1.54, 1.807) is 11.3 Å². The molecule has 110 valence electrons. The van der Waals surface area contributed by atoms with Crippen molar-refractivity contribution in [1.82, 2.24) is 9.38 Å². The van der Waals surface area contributed by atoms with E-state index >= 15 is 0 Å². The van der Waals surface area contributed by atoms with Crippen molar-refractivity contribution in [3.63, 3.8) is 0 Å². The summed E-state index contributed by atoms with van der Waals surface area (Å²) in [5.74, 6) is 0. The quantitative estimate of drug-likeness (QED) is 0.768. The van der Waals surface area contributed by atoms with E-state index in [0.717, 1.165) is 17.2 Å².